The predicted octanol–water partition coefficient (Wildman–Crippen LogP) is 2.33. The number of hydrogen-bond acceptors (Lipinski definition) is 3. The zero-order valence-electron chi connectivity index (χ0n) is 8.79. The van der Waals surface area contributed by atoms with E-state index >= 15 is 0 Å². The molecule has 0 aromatic heterocycles. The molecule has 0 amide bonds. The van der Waals surface area contributed by atoms with Gasteiger partial charge in [-0.05, 0) is 34.1 Å². The Morgan fingerprint density at radius 2 is 2.07 bits per heavy atom. The van der Waals surface area contributed by atoms with Crippen LogP contribution in [0.15, 0.2) is 22.7 Å². The summed E-state index contributed by atoms with van der Waals surface area (Å²) >= 11 is 3.60. The third kappa shape index (κ3) is 2.44. The third-order valence-corrected chi connectivity index (χ3v) is 3.22. The lowest BCUT2D eigenvalue weighted by molar-refractivity contribution is 0.122. The molecule has 1 aliphatic heterocycles. The summed E-state index contributed by atoms with van der Waals surface area (Å²) < 4.78 is 6.47. The number of morpholine rings is 1. The first-order chi connectivity index (χ1) is 7.31. The number of nitrogens with one attached hydrogen (secondary N) is 1. The zero-order chi connectivity index (χ0) is 10.7. The number of halogens is 1. The third-order valence-electron chi connectivity index (χ3n) is 2.59. The maximum absolute atomic E-state index is 5.34. The van der Waals surface area contributed by atoms with Crippen molar-refractivity contribution >= 4 is 27.3 Å². The second-order valence-corrected chi connectivity index (χ2v) is 4.37. The molecule has 0 radical (unpaired) electrons. The minimum Gasteiger partial charge on any atom is -0.388 e. The molecule has 0 spiro atoms. The maximum atomic E-state index is 5.34. The summed E-state index contributed by atoms with van der Waals surface area (Å²) in [7, 11) is 1.93. The van der Waals surface area contributed by atoms with E-state index in [0.29, 0.717) is 0 Å². The minimum atomic E-state index is 0.820. The first-order valence-electron chi connectivity index (χ1n) is 5.11. The van der Waals surface area contributed by atoms with Crippen LogP contribution in [0.25, 0.3) is 0 Å². The number of rotatable bonds is 2. The number of ether oxygens (including phenoxy) is 1. The fraction of sp³-hybridized carbons (Fsp3) is 0.455. The molecule has 4 heteroatoms. The van der Waals surface area contributed by atoms with E-state index in [1.807, 2.05) is 7.05 Å². The van der Waals surface area contributed by atoms with Gasteiger partial charge in [0.25, 0.3) is 0 Å². The minimum absolute atomic E-state index is 0.820. The summed E-state index contributed by atoms with van der Waals surface area (Å²) in [6.45, 7) is 3.58. The lowest BCUT2D eigenvalue weighted by Crippen LogP contribution is -2.36. The molecule has 0 aliphatic carbocycles. The topological polar surface area (TPSA) is 24.5 Å². The number of benzene rings is 1. The van der Waals surface area contributed by atoms with E-state index in [4.69, 9.17) is 4.74 Å². The Bertz CT molecular complexity index is 337. The van der Waals surface area contributed by atoms with Crippen molar-refractivity contribution in [2.24, 2.45) is 0 Å². The van der Waals surface area contributed by atoms with Gasteiger partial charge in [0.05, 0.1) is 18.9 Å². The molecule has 1 N–H and O–H groups in total. The van der Waals surface area contributed by atoms with Crippen LogP contribution < -0.4 is 10.2 Å². The summed E-state index contributed by atoms with van der Waals surface area (Å²) in [6.07, 6.45) is 0. The molecule has 1 aliphatic rings. The van der Waals surface area contributed by atoms with E-state index in [1.165, 1.54) is 5.69 Å². The van der Waals surface area contributed by atoms with Crippen molar-refractivity contribution < 1.29 is 4.74 Å². The van der Waals surface area contributed by atoms with Gasteiger partial charge < -0.3 is 15.0 Å². The highest BCUT2D eigenvalue weighted by molar-refractivity contribution is 9.10. The van der Waals surface area contributed by atoms with Crippen LogP contribution in [0.4, 0.5) is 11.4 Å². The van der Waals surface area contributed by atoms with Gasteiger partial charge in [-0.2, -0.15) is 0 Å². The van der Waals surface area contributed by atoms with Crippen LogP contribution in [0.3, 0.4) is 0 Å². The van der Waals surface area contributed by atoms with Gasteiger partial charge in [0.2, 0.25) is 0 Å². The van der Waals surface area contributed by atoms with E-state index in [0.717, 1.165) is 36.5 Å². The van der Waals surface area contributed by atoms with Crippen molar-refractivity contribution in [1.29, 1.82) is 0 Å². The lowest BCUT2D eigenvalue weighted by Gasteiger charge is -2.29. The Hall–Kier alpha value is -0.740. The maximum Gasteiger partial charge on any atom is 0.0642 e. The van der Waals surface area contributed by atoms with E-state index < -0.39 is 0 Å². The molecule has 1 aromatic carbocycles. The van der Waals surface area contributed by atoms with Crippen LogP contribution >= 0.6 is 15.9 Å². The Labute approximate surface area is 98.5 Å². The van der Waals surface area contributed by atoms with Crippen LogP contribution in [0.1, 0.15) is 0 Å². The summed E-state index contributed by atoms with van der Waals surface area (Å²) in [5.41, 5.74) is 2.37. The average Bonchev–Trinajstić information content (AvgIpc) is 2.30. The molecule has 1 saturated heterocycles. The SMILES string of the molecule is CNc1ccc(N2CCOCC2)c(Br)c1. The van der Waals surface area contributed by atoms with E-state index in [-0.39, 0.29) is 0 Å². The number of hydrogen-bond donors (Lipinski definition) is 1. The molecule has 1 aromatic rings. The largest absolute Gasteiger partial charge is 0.388 e. The first-order valence-corrected chi connectivity index (χ1v) is 5.90. The van der Waals surface area contributed by atoms with Crippen molar-refractivity contribution in [3.05, 3.63) is 22.7 Å². The Kier molecular flexibility index (Phi) is 3.49. The molecular formula is C11H15BrN2O. The fourth-order valence-electron chi connectivity index (χ4n) is 1.72. The quantitative estimate of drug-likeness (QED) is 0.893. The molecule has 3 nitrogen and oxygen atoms in total. The second kappa shape index (κ2) is 4.86. The van der Waals surface area contributed by atoms with Gasteiger partial charge in [0.15, 0.2) is 0 Å². The van der Waals surface area contributed by atoms with Crippen molar-refractivity contribution in [2.75, 3.05) is 43.6 Å². The number of anilines is 2. The summed E-state index contributed by atoms with van der Waals surface area (Å²) in [5.74, 6) is 0. The molecule has 15 heavy (non-hydrogen) atoms. The van der Waals surface area contributed by atoms with Crippen LogP contribution in [-0.4, -0.2) is 33.4 Å². The highest BCUT2D eigenvalue weighted by Crippen LogP contribution is 2.29. The van der Waals surface area contributed by atoms with E-state index in [2.05, 4.69) is 44.3 Å². The summed E-state index contributed by atoms with van der Waals surface area (Å²) in [4.78, 5) is 2.34. The van der Waals surface area contributed by atoms with E-state index in [9.17, 15) is 0 Å². The molecule has 82 valence electrons. The molecular weight excluding hydrogens is 256 g/mol. The van der Waals surface area contributed by atoms with Crippen molar-refractivity contribution in [3.8, 4) is 0 Å². The molecule has 0 unspecified atom stereocenters. The van der Waals surface area contributed by atoms with Crippen LogP contribution in [0.5, 0.6) is 0 Å². The molecule has 2 rings (SSSR count). The Morgan fingerprint density at radius 1 is 1.33 bits per heavy atom. The number of nitrogens with zero attached hydrogens (tertiary/aromatic N) is 1. The Morgan fingerprint density at radius 3 is 2.67 bits per heavy atom. The van der Waals surface area contributed by atoms with Gasteiger partial charge >= 0.3 is 0 Å². The first kappa shape index (κ1) is 10.8. The summed E-state index contributed by atoms with van der Waals surface area (Å²) in [5, 5.41) is 3.12. The van der Waals surface area contributed by atoms with Crippen LogP contribution in [0.2, 0.25) is 0 Å². The van der Waals surface area contributed by atoms with Crippen LogP contribution in [0, 0.1) is 0 Å². The van der Waals surface area contributed by atoms with Crippen molar-refractivity contribution in [2.45, 2.75) is 0 Å². The molecule has 0 atom stereocenters. The molecule has 1 fully saturated rings. The fourth-order valence-corrected chi connectivity index (χ4v) is 2.35. The van der Waals surface area contributed by atoms with Gasteiger partial charge in [0.1, 0.15) is 0 Å². The predicted molar refractivity (Wildman–Crippen MR) is 66.7 cm³/mol. The van der Waals surface area contributed by atoms with Gasteiger partial charge in [-0.1, -0.05) is 0 Å². The van der Waals surface area contributed by atoms with Crippen molar-refractivity contribution in [3.63, 3.8) is 0 Å². The normalized spacial score (nSPS) is 16.5. The zero-order valence-corrected chi connectivity index (χ0v) is 10.4. The smallest absolute Gasteiger partial charge is 0.0642 e. The van der Waals surface area contributed by atoms with Gasteiger partial charge in [-0.3, -0.25) is 0 Å². The van der Waals surface area contributed by atoms with Crippen molar-refractivity contribution in [1.82, 2.24) is 0 Å². The average molecular weight is 271 g/mol. The second-order valence-electron chi connectivity index (χ2n) is 3.52. The van der Waals surface area contributed by atoms with Crippen LogP contribution in [-0.2, 0) is 4.74 Å². The lowest BCUT2D eigenvalue weighted by atomic mass is 10.2. The summed E-state index contributed by atoms with van der Waals surface area (Å²) in [6, 6.07) is 6.33. The highest BCUT2D eigenvalue weighted by Gasteiger charge is 2.13. The molecule has 0 saturated carbocycles. The Balaban J connectivity index is 2.19. The van der Waals surface area contributed by atoms with E-state index in [1.54, 1.807) is 0 Å². The monoisotopic (exact) mass is 270 g/mol. The molecule has 0 bridgehead atoms. The standard InChI is InChI=1S/C11H15BrN2O/c1-13-9-2-3-11(10(12)8-9)14-4-6-15-7-5-14/h2-3,8,13H,4-7H2,1H3. The molecule has 1 heterocycles. The van der Waals surface area contributed by atoms with Gasteiger partial charge in [0, 0.05) is 30.3 Å². The van der Waals surface area contributed by atoms with Gasteiger partial charge in [-0.25, -0.2) is 0 Å². The van der Waals surface area contributed by atoms with Gasteiger partial charge in [-0.15, -0.1) is 0 Å². The highest BCUT2D eigenvalue weighted by atomic mass is 79.9.